The fourth-order valence-electron chi connectivity index (χ4n) is 3.18. The van der Waals surface area contributed by atoms with Crippen LogP contribution in [-0.2, 0) is 19.2 Å². The van der Waals surface area contributed by atoms with Gasteiger partial charge >= 0.3 is 5.97 Å². The molecule has 2 aliphatic heterocycles. The van der Waals surface area contributed by atoms with Gasteiger partial charge in [-0.3, -0.25) is 14.5 Å². The molecule has 174 valence electrons. The number of aromatic nitrogens is 3. The number of carbonyl (C=O) groups excluding carboxylic acids is 2. The number of anilines is 1. The van der Waals surface area contributed by atoms with Crippen LogP contribution in [0.1, 0.15) is 10.7 Å². The Hall–Kier alpha value is -2.69. The van der Waals surface area contributed by atoms with E-state index >= 15 is 0 Å². The molecule has 1 saturated heterocycles. The number of aryl methyl sites for hydroxylation is 1. The van der Waals surface area contributed by atoms with Gasteiger partial charge in [0.1, 0.15) is 34.9 Å². The molecule has 0 bridgehead atoms. The Morgan fingerprint density at radius 2 is 2.24 bits per heavy atom. The number of carboxylic acid groups (broad SMARTS) is 1. The number of thioether (sulfide) groups is 2. The Labute approximate surface area is 203 Å². The number of hydrogen-bond acceptors (Lipinski definition) is 13. The van der Waals surface area contributed by atoms with E-state index in [1.807, 2.05) is 6.92 Å². The van der Waals surface area contributed by atoms with Crippen LogP contribution in [0.3, 0.4) is 0 Å². The monoisotopic (exact) mass is 527 g/mol. The average Bonchev–Trinajstić information content (AvgIpc) is 3.40. The van der Waals surface area contributed by atoms with E-state index in [2.05, 4.69) is 25.7 Å². The molecule has 0 aromatic carbocycles. The second-order valence-electron chi connectivity index (χ2n) is 6.69. The first-order valence-electron chi connectivity index (χ1n) is 9.26. The number of carbonyl (C=O) groups is 3. The van der Waals surface area contributed by atoms with Crippen LogP contribution < -0.4 is 11.1 Å². The quantitative estimate of drug-likeness (QED) is 0.191. The van der Waals surface area contributed by atoms with Crippen molar-refractivity contribution in [3.63, 3.8) is 0 Å². The highest BCUT2D eigenvalue weighted by Gasteiger charge is 2.54. The molecule has 4 rings (SSSR count). The van der Waals surface area contributed by atoms with E-state index in [0.717, 1.165) is 20.7 Å². The highest BCUT2D eigenvalue weighted by molar-refractivity contribution is 8.01. The number of nitrogens with one attached hydrogen (secondary N) is 1. The maximum Gasteiger partial charge on any atom is 0.352 e. The molecular weight excluding hydrogens is 510 g/mol. The molecule has 2 amide bonds. The Bertz CT molecular complexity index is 1180. The van der Waals surface area contributed by atoms with E-state index in [1.54, 1.807) is 5.38 Å². The zero-order chi connectivity index (χ0) is 23.7. The molecule has 0 spiro atoms. The number of nitrogens with two attached hydrogens (primary N) is 1. The van der Waals surface area contributed by atoms with Crippen LogP contribution in [0.25, 0.3) is 0 Å². The van der Waals surface area contributed by atoms with Gasteiger partial charge in [-0.25, -0.2) is 9.78 Å². The van der Waals surface area contributed by atoms with Gasteiger partial charge < -0.3 is 21.0 Å². The normalized spacial score (nSPS) is 20.4. The number of carboxylic acids is 1. The van der Waals surface area contributed by atoms with Crippen molar-refractivity contribution in [3.8, 4) is 0 Å². The summed E-state index contributed by atoms with van der Waals surface area (Å²) < 4.78 is 0.726. The molecule has 2 aromatic heterocycles. The Kier molecular flexibility index (Phi) is 6.87. The van der Waals surface area contributed by atoms with Crippen molar-refractivity contribution >= 4 is 74.8 Å². The molecule has 33 heavy (non-hydrogen) atoms. The molecule has 2 atom stereocenters. The van der Waals surface area contributed by atoms with Gasteiger partial charge in [0.05, 0.1) is 0 Å². The van der Waals surface area contributed by atoms with Crippen LogP contribution in [0.15, 0.2) is 26.1 Å². The molecule has 2 aromatic rings. The van der Waals surface area contributed by atoms with E-state index in [4.69, 9.17) is 10.6 Å². The van der Waals surface area contributed by atoms with Crippen molar-refractivity contribution in [2.45, 2.75) is 22.7 Å². The lowest BCUT2D eigenvalue weighted by Gasteiger charge is -2.49. The molecule has 0 unspecified atom stereocenters. The predicted octanol–water partition coefficient (Wildman–Crippen LogP) is 0.767. The van der Waals surface area contributed by atoms with Gasteiger partial charge in [-0.15, -0.1) is 33.3 Å². The zero-order valence-corrected chi connectivity index (χ0v) is 20.4. The van der Waals surface area contributed by atoms with Crippen molar-refractivity contribution in [3.05, 3.63) is 27.4 Å². The minimum atomic E-state index is -1.19. The van der Waals surface area contributed by atoms with Crippen molar-refractivity contribution in [1.29, 1.82) is 0 Å². The van der Waals surface area contributed by atoms with Crippen LogP contribution in [0.2, 0.25) is 0 Å². The largest absolute Gasteiger partial charge is 0.477 e. The molecule has 16 heteroatoms. The molecule has 12 nitrogen and oxygen atoms in total. The minimum absolute atomic E-state index is 0.0546. The number of hydrogen-bond donors (Lipinski definition) is 3. The van der Waals surface area contributed by atoms with Crippen molar-refractivity contribution < 1.29 is 24.3 Å². The summed E-state index contributed by atoms with van der Waals surface area (Å²) in [7, 11) is 1.28. The lowest BCUT2D eigenvalue weighted by Crippen LogP contribution is -2.71. The van der Waals surface area contributed by atoms with Crippen LogP contribution in [0.4, 0.5) is 5.13 Å². The molecule has 1 fully saturated rings. The third-order valence-corrected chi connectivity index (χ3v) is 8.65. The number of amides is 2. The number of oxime groups is 1. The van der Waals surface area contributed by atoms with Gasteiger partial charge in [0.15, 0.2) is 15.2 Å². The van der Waals surface area contributed by atoms with Crippen molar-refractivity contribution in [1.82, 2.24) is 25.4 Å². The van der Waals surface area contributed by atoms with Crippen LogP contribution in [-0.4, -0.2) is 78.7 Å². The number of thiazole rings is 1. The molecular formula is C17H17N7O5S4. The Morgan fingerprint density at radius 1 is 1.45 bits per heavy atom. The average molecular weight is 528 g/mol. The number of β-lactam (4-membered cyclic amide) rings is 1. The van der Waals surface area contributed by atoms with Gasteiger partial charge in [-0.05, 0) is 12.5 Å². The number of nitrogens with zero attached hydrogens (tertiary/aromatic N) is 5. The lowest BCUT2D eigenvalue weighted by molar-refractivity contribution is -0.150. The van der Waals surface area contributed by atoms with Gasteiger partial charge in [0, 0.05) is 16.9 Å². The number of fused-ring (bicyclic) bond motifs is 1. The second-order valence-corrected chi connectivity index (χ2v) is 11.1. The zero-order valence-electron chi connectivity index (χ0n) is 17.2. The Morgan fingerprint density at radius 3 is 2.85 bits per heavy atom. The third kappa shape index (κ3) is 4.68. The number of nitrogen functional groups attached to an aromatic ring is 1. The summed E-state index contributed by atoms with van der Waals surface area (Å²) in [5.41, 5.74) is 6.27. The summed E-state index contributed by atoms with van der Waals surface area (Å²) in [6.07, 6.45) is 0. The van der Waals surface area contributed by atoms with Crippen molar-refractivity contribution in [2.24, 2.45) is 5.16 Å². The van der Waals surface area contributed by atoms with E-state index in [1.165, 1.54) is 46.9 Å². The van der Waals surface area contributed by atoms with Gasteiger partial charge in [0.25, 0.3) is 11.8 Å². The molecule has 0 saturated carbocycles. The SMILES string of the molecule is CO/N=C(\C(=O)N[C@H]1C(=O)N2C(C(=O)O)=C(CSc3nnc(C)s3)CS[C@H]12)c1csc(N)n1. The maximum atomic E-state index is 12.9. The maximum absolute atomic E-state index is 12.9. The van der Waals surface area contributed by atoms with Crippen LogP contribution >= 0.6 is 46.2 Å². The van der Waals surface area contributed by atoms with E-state index in [9.17, 15) is 19.5 Å². The van der Waals surface area contributed by atoms with E-state index in [-0.39, 0.29) is 22.2 Å². The van der Waals surface area contributed by atoms with E-state index in [0.29, 0.717) is 17.1 Å². The number of aliphatic carboxylic acids is 1. The van der Waals surface area contributed by atoms with Crippen molar-refractivity contribution in [2.75, 3.05) is 24.3 Å². The van der Waals surface area contributed by atoms with Gasteiger partial charge in [-0.1, -0.05) is 28.3 Å². The van der Waals surface area contributed by atoms with Crippen LogP contribution in [0.5, 0.6) is 0 Å². The molecule has 0 aliphatic carbocycles. The first-order valence-corrected chi connectivity index (χ1v) is 13.0. The standard InChI is InChI=1S/C17H17N7O5S4/c1-6-21-22-17(33-6)32-4-7-3-30-14-10(13(26)24(14)11(7)15(27)28)20-12(25)9(23-29-2)8-5-31-16(18)19-8/h5,10,14H,3-4H2,1-2H3,(H2,18,19)(H,20,25)(H,27,28)/b23-9-/t10-,14+/m0/s1. The summed E-state index contributed by atoms with van der Waals surface area (Å²) in [6.45, 7) is 1.84. The highest BCUT2D eigenvalue weighted by Crippen LogP contribution is 2.41. The third-order valence-electron chi connectivity index (χ3n) is 4.58. The van der Waals surface area contributed by atoms with Gasteiger partial charge in [0.2, 0.25) is 0 Å². The molecule has 2 aliphatic rings. The Balaban J connectivity index is 1.49. The van der Waals surface area contributed by atoms with Crippen LogP contribution in [0, 0.1) is 6.92 Å². The smallest absolute Gasteiger partial charge is 0.352 e. The minimum Gasteiger partial charge on any atom is -0.477 e. The van der Waals surface area contributed by atoms with E-state index < -0.39 is 29.2 Å². The second kappa shape index (κ2) is 9.66. The number of rotatable bonds is 8. The summed E-state index contributed by atoms with van der Waals surface area (Å²) >= 11 is 5.30. The lowest BCUT2D eigenvalue weighted by atomic mass is 10.0. The fourth-order valence-corrected chi connectivity index (χ4v) is 7.03. The topological polar surface area (TPSA) is 173 Å². The first-order chi connectivity index (χ1) is 15.8. The molecule has 4 heterocycles. The molecule has 4 N–H and O–H groups in total. The highest BCUT2D eigenvalue weighted by atomic mass is 32.2. The molecule has 0 radical (unpaired) electrons. The summed E-state index contributed by atoms with van der Waals surface area (Å²) in [5.74, 6) is -1.61. The summed E-state index contributed by atoms with van der Waals surface area (Å²) in [6, 6.07) is -0.907. The predicted molar refractivity (Wildman–Crippen MR) is 125 cm³/mol. The van der Waals surface area contributed by atoms with Gasteiger partial charge in [-0.2, -0.15) is 0 Å². The fraction of sp³-hybridized carbons (Fsp3) is 0.353. The summed E-state index contributed by atoms with van der Waals surface area (Å²) in [4.78, 5) is 47.6. The first kappa shape index (κ1) is 23.5. The summed E-state index contributed by atoms with van der Waals surface area (Å²) in [5, 5.41) is 26.2.